The Bertz CT molecular complexity index is 926. The first-order valence-electron chi connectivity index (χ1n) is 7.90. The summed E-state index contributed by atoms with van der Waals surface area (Å²) >= 11 is 5.84. The third-order valence-corrected chi connectivity index (χ3v) is 3.76. The van der Waals surface area contributed by atoms with Gasteiger partial charge in [0.1, 0.15) is 5.75 Å². The highest BCUT2D eigenvalue weighted by Gasteiger charge is 2.05. The van der Waals surface area contributed by atoms with Crippen LogP contribution in [0.25, 0.3) is 6.08 Å². The number of nitrogens with zero attached hydrogens (tertiary/aromatic N) is 2. The molecule has 130 valence electrons. The normalized spacial score (nSPS) is 10.7. The van der Waals surface area contributed by atoms with E-state index in [1.54, 1.807) is 48.8 Å². The van der Waals surface area contributed by atoms with E-state index < -0.39 is 0 Å². The number of carbonyl (C=O) groups excluding carboxylic acids is 1. The number of amides is 1. The van der Waals surface area contributed by atoms with E-state index in [0.29, 0.717) is 16.5 Å². The van der Waals surface area contributed by atoms with Gasteiger partial charge in [0.15, 0.2) is 0 Å². The fourth-order valence-corrected chi connectivity index (χ4v) is 2.33. The molecule has 0 aliphatic rings. The van der Waals surface area contributed by atoms with E-state index in [1.807, 2.05) is 25.1 Å². The molecule has 0 saturated heterocycles. The Balaban J connectivity index is 1.64. The van der Waals surface area contributed by atoms with Crippen LogP contribution in [0.1, 0.15) is 11.1 Å². The van der Waals surface area contributed by atoms with Crippen molar-refractivity contribution >= 4 is 29.3 Å². The Hall–Kier alpha value is -3.18. The SMILES string of the molecule is Cc1cc(Oc2ncccn2)ccc1NC(=O)/C=C/c1ccc(Cl)cc1. The number of aryl methyl sites for hydroxylation is 1. The summed E-state index contributed by atoms with van der Waals surface area (Å²) in [5.41, 5.74) is 2.47. The molecule has 0 saturated carbocycles. The minimum absolute atomic E-state index is 0.219. The number of carbonyl (C=O) groups is 1. The standard InChI is InChI=1S/C20H16ClN3O2/c1-14-13-17(26-20-22-11-2-12-23-20)8-9-18(14)24-19(25)10-5-15-3-6-16(21)7-4-15/h2-13H,1H3,(H,24,25)/b10-5+. The summed E-state index contributed by atoms with van der Waals surface area (Å²) in [6, 6.07) is 14.6. The van der Waals surface area contributed by atoms with Crippen molar-refractivity contribution in [2.24, 2.45) is 0 Å². The van der Waals surface area contributed by atoms with Crippen molar-refractivity contribution in [2.75, 3.05) is 5.32 Å². The fraction of sp³-hybridized carbons (Fsp3) is 0.0500. The fourth-order valence-electron chi connectivity index (χ4n) is 2.20. The lowest BCUT2D eigenvalue weighted by Gasteiger charge is -2.09. The number of hydrogen-bond acceptors (Lipinski definition) is 4. The molecular formula is C20H16ClN3O2. The van der Waals surface area contributed by atoms with Gasteiger partial charge in [-0.3, -0.25) is 4.79 Å². The molecule has 0 atom stereocenters. The van der Waals surface area contributed by atoms with Gasteiger partial charge in [-0.25, -0.2) is 9.97 Å². The molecule has 0 aliphatic heterocycles. The van der Waals surface area contributed by atoms with Crippen LogP contribution in [-0.2, 0) is 4.79 Å². The molecular weight excluding hydrogens is 350 g/mol. The first kappa shape index (κ1) is 17.6. The molecule has 0 fully saturated rings. The Labute approximate surface area is 156 Å². The van der Waals surface area contributed by atoms with E-state index in [0.717, 1.165) is 11.1 Å². The summed E-state index contributed by atoms with van der Waals surface area (Å²) in [5, 5.41) is 3.50. The highest BCUT2D eigenvalue weighted by Crippen LogP contribution is 2.24. The molecule has 1 amide bonds. The van der Waals surface area contributed by atoms with Gasteiger partial charge in [-0.15, -0.1) is 0 Å². The number of ether oxygens (including phenoxy) is 1. The molecule has 5 nitrogen and oxygen atoms in total. The summed E-state index contributed by atoms with van der Waals surface area (Å²) in [5.74, 6) is 0.381. The van der Waals surface area contributed by atoms with Gasteiger partial charge in [0, 0.05) is 29.2 Å². The number of aromatic nitrogens is 2. The van der Waals surface area contributed by atoms with Gasteiger partial charge in [0.2, 0.25) is 5.91 Å². The first-order chi connectivity index (χ1) is 12.6. The number of anilines is 1. The number of benzene rings is 2. The molecule has 2 aromatic carbocycles. The highest BCUT2D eigenvalue weighted by atomic mass is 35.5. The number of rotatable bonds is 5. The van der Waals surface area contributed by atoms with Crippen LogP contribution in [0, 0.1) is 6.92 Å². The summed E-state index contributed by atoms with van der Waals surface area (Å²) < 4.78 is 5.57. The lowest BCUT2D eigenvalue weighted by molar-refractivity contribution is -0.111. The summed E-state index contributed by atoms with van der Waals surface area (Å²) in [4.78, 5) is 20.1. The number of halogens is 1. The van der Waals surface area contributed by atoms with Crippen molar-refractivity contribution < 1.29 is 9.53 Å². The molecule has 1 N–H and O–H groups in total. The van der Waals surface area contributed by atoms with Crippen LogP contribution in [0.4, 0.5) is 5.69 Å². The predicted molar refractivity (Wildman–Crippen MR) is 102 cm³/mol. The Kier molecular flexibility index (Phi) is 5.61. The van der Waals surface area contributed by atoms with Crippen molar-refractivity contribution in [1.82, 2.24) is 9.97 Å². The first-order valence-corrected chi connectivity index (χ1v) is 8.28. The summed E-state index contributed by atoms with van der Waals surface area (Å²) in [7, 11) is 0. The molecule has 0 bridgehead atoms. The van der Waals surface area contributed by atoms with E-state index >= 15 is 0 Å². The van der Waals surface area contributed by atoms with Crippen LogP contribution >= 0.6 is 11.6 Å². The Morgan fingerprint density at radius 3 is 2.54 bits per heavy atom. The van der Waals surface area contributed by atoms with Crippen LogP contribution in [-0.4, -0.2) is 15.9 Å². The molecule has 0 radical (unpaired) electrons. The zero-order chi connectivity index (χ0) is 18.4. The third kappa shape index (κ3) is 4.91. The van der Waals surface area contributed by atoms with Gasteiger partial charge in [-0.05, 0) is 60.5 Å². The Morgan fingerprint density at radius 1 is 1.12 bits per heavy atom. The maximum atomic E-state index is 12.1. The van der Waals surface area contributed by atoms with E-state index in [4.69, 9.17) is 16.3 Å². The molecule has 3 rings (SSSR count). The van der Waals surface area contributed by atoms with Gasteiger partial charge >= 0.3 is 6.01 Å². The average molecular weight is 366 g/mol. The number of nitrogens with one attached hydrogen (secondary N) is 1. The number of hydrogen-bond donors (Lipinski definition) is 1. The van der Waals surface area contributed by atoms with Crippen LogP contribution < -0.4 is 10.1 Å². The van der Waals surface area contributed by atoms with Crippen LogP contribution in [0.2, 0.25) is 5.02 Å². The average Bonchev–Trinajstić information content (AvgIpc) is 2.64. The monoisotopic (exact) mass is 365 g/mol. The van der Waals surface area contributed by atoms with Gasteiger partial charge in [-0.1, -0.05) is 23.7 Å². The quantitative estimate of drug-likeness (QED) is 0.654. The van der Waals surface area contributed by atoms with E-state index in [9.17, 15) is 4.79 Å². The third-order valence-electron chi connectivity index (χ3n) is 3.50. The van der Waals surface area contributed by atoms with Gasteiger partial charge < -0.3 is 10.1 Å². The largest absolute Gasteiger partial charge is 0.424 e. The minimum atomic E-state index is -0.219. The zero-order valence-corrected chi connectivity index (χ0v) is 14.8. The molecule has 0 aliphatic carbocycles. The lowest BCUT2D eigenvalue weighted by atomic mass is 10.2. The minimum Gasteiger partial charge on any atom is -0.424 e. The maximum absolute atomic E-state index is 12.1. The van der Waals surface area contributed by atoms with Crippen molar-refractivity contribution in [3.05, 3.63) is 83.2 Å². The van der Waals surface area contributed by atoms with Crippen molar-refractivity contribution in [3.63, 3.8) is 0 Å². The second kappa shape index (κ2) is 8.27. The topological polar surface area (TPSA) is 64.1 Å². The van der Waals surface area contributed by atoms with Crippen LogP contribution in [0.5, 0.6) is 11.8 Å². The highest BCUT2D eigenvalue weighted by molar-refractivity contribution is 6.30. The molecule has 0 spiro atoms. The Morgan fingerprint density at radius 2 is 1.85 bits per heavy atom. The summed E-state index contributed by atoms with van der Waals surface area (Å²) in [6.07, 6.45) is 6.42. The molecule has 0 unspecified atom stereocenters. The smallest absolute Gasteiger partial charge is 0.321 e. The molecule has 6 heteroatoms. The van der Waals surface area contributed by atoms with Crippen LogP contribution in [0.15, 0.2) is 67.0 Å². The van der Waals surface area contributed by atoms with E-state index in [1.165, 1.54) is 6.08 Å². The van der Waals surface area contributed by atoms with E-state index in [-0.39, 0.29) is 11.9 Å². The summed E-state index contributed by atoms with van der Waals surface area (Å²) in [6.45, 7) is 1.89. The molecule has 26 heavy (non-hydrogen) atoms. The molecule has 1 heterocycles. The zero-order valence-electron chi connectivity index (χ0n) is 14.0. The van der Waals surface area contributed by atoms with Crippen molar-refractivity contribution in [1.29, 1.82) is 0 Å². The lowest BCUT2D eigenvalue weighted by Crippen LogP contribution is -2.08. The maximum Gasteiger partial charge on any atom is 0.321 e. The van der Waals surface area contributed by atoms with Crippen molar-refractivity contribution in [3.8, 4) is 11.8 Å². The predicted octanol–water partition coefficient (Wildman–Crippen LogP) is 4.88. The van der Waals surface area contributed by atoms with Gasteiger partial charge in [-0.2, -0.15) is 0 Å². The second-order valence-electron chi connectivity index (χ2n) is 5.48. The van der Waals surface area contributed by atoms with Crippen LogP contribution in [0.3, 0.4) is 0 Å². The van der Waals surface area contributed by atoms with Gasteiger partial charge in [0.25, 0.3) is 0 Å². The second-order valence-corrected chi connectivity index (χ2v) is 5.92. The molecule has 1 aromatic heterocycles. The molecule has 3 aromatic rings. The van der Waals surface area contributed by atoms with Gasteiger partial charge in [0.05, 0.1) is 0 Å². The van der Waals surface area contributed by atoms with E-state index in [2.05, 4.69) is 15.3 Å². The van der Waals surface area contributed by atoms with Crippen molar-refractivity contribution in [2.45, 2.75) is 6.92 Å².